The number of ether oxygens (including phenoxy) is 1. The molecular formula is C15H23N3O3S. The van der Waals surface area contributed by atoms with Crippen molar-refractivity contribution in [3.05, 3.63) is 23.5 Å². The van der Waals surface area contributed by atoms with Gasteiger partial charge in [0.25, 0.3) is 0 Å². The van der Waals surface area contributed by atoms with Gasteiger partial charge in [-0.15, -0.1) is 0 Å². The Bertz CT molecular complexity index is 654. The smallest absolute Gasteiger partial charge is 0.215 e. The molecule has 3 rings (SSSR count). The summed E-state index contributed by atoms with van der Waals surface area (Å²) in [5, 5.41) is 3.31. The first kappa shape index (κ1) is 15.7. The number of nitrogens with zero attached hydrogens (tertiary/aromatic N) is 2. The Hall–Kier alpha value is -1.18. The molecule has 22 heavy (non-hydrogen) atoms. The van der Waals surface area contributed by atoms with Crippen molar-refractivity contribution in [2.24, 2.45) is 5.41 Å². The van der Waals surface area contributed by atoms with Crippen LogP contribution in [-0.4, -0.2) is 50.2 Å². The maximum atomic E-state index is 12.6. The van der Waals surface area contributed by atoms with Crippen LogP contribution in [0.25, 0.3) is 0 Å². The van der Waals surface area contributed by atoms with Crippen molar-refractivity contribution in [3.8, 4) is 5.75 Å². The van der Waals surface area contributed by atoms with E-state index in [9.17, 15) is 8.42 Å². The van der Waals surface area contributed by atoms with E-state index in [1.165, 1.54) is 0 Å². The molecule has 0 aliphatic carbocycles. The fourth-order valence-electron chi connectivity index (χ4n) is 3.47. The highest BCUT2D eigenvalue weighted by atomic mass is 32.2. The molecule has 2 aliphatic heterocycles. The number of hydrogen-bond acceptors (Lipinski definition) is 5. The third-order valence-electron chi connectivity index (χ3n) is 4.68. The molecule has 2 fully saturated rings. The summed E-state index contributed by atoms with van der Waals surface area (Å²) in [7, 11) is -1.64. The summed E-state index contributed by atoms with van der Waals surface area (Å²) in [5.74, 6) is 0.905. The predicted octanol–water partition coefficient (Wildman–Crippen LogP) is 0.914. The molecule has 2 saturated heterocycles. The molecule has 1 spiro atoms. The van der Waals surface area contributed by atoms with E-state index in [1.54, 1.807) is 11.4 Å². The number of aromatic nitrogens is 1. The maximum absolute atomic E-state index is 12.6. The largest absolute Gasteiger partial charge is 0.495 e. The number of hydrogen-bond donors (Lipinski definition) is 1. The van der Waals surface area contributed by atoms with Crippen molar-refractivity contribution in [3.63, 3.8) is 0 Å². The van der Waals surface area contributed by atoms with Crippen molar-refractivity contribution >= 4 is 10.0 Å². The third-order valence-corrected chi connectivity index (χ3v) is 6.70. The number of aryl methyl sites for hydroxylation is 1. The Labute approximate surface area is 131 Å². The van der Waals surface area contributed by atoms with Crippen LogP contribution in [0.4, 0.5) is 0 Å². The molecule has 1 aromatic rings. The van der Waals surface area contributed by atoms with Crippen molar-refractivity contribution < 1.29 is 13.2 Å². The second-order valence-electron chi connectivity index (χ2n) is 6.38. The SMILES string of the molecule is COc1ccc(C)nc1CN1CC2(CCNCC2)CS1(=O)=O. The van der Waals surface area contributed by atoms with Gasteiger partial charge in [-0.3, -0.25) is 4.98 Å². The molecule has 0 amide bonds. The molecule has 0 saturated carbocycles. The van der Waals surface area contributed by atoms with E-state index in [0.717, 1.165) is 31.6 Å². The zero-order valence-electron chi connectivity index (χ0n) is 13.1. The van der Waals surface area contributed by atoms with Crippen molar-refractivity contribution in [2.45, 2.75) is 26.3 Å². The minimum atomic E-state index is -3.22. The van der Waals surface area contributed by atoms with E-state index < -0.39 is 10.0 Å². The van der Waals surface area contributed by atoms with Crippen LogP contribution in [-0.2, 0) is 16.6 Å². The molecule has 2 aliphatic rings. The summed E-state index contributed by atoms with van der Waals surface area (Å²) < 4.78 is 32.0. The average Bonchev–Trinajstić information content (AvgIpc) is 2.70. The molecular weight excluding hydrogens is 302 g/mol. The Kier molecular flexibility index (Phi) is 4.13. The predicted molar refractivity (Wildman–Crippen MR) is 84.3 cm³/mol. The lowest BCUT2D eigenvalue weighted by molar-refractivity contribution is 0.207. The van der Waals surface area contributed by atoms with Gasteiger partial charge in [0.2, 0.25) is 10.0 Å². The van der Waals surface area contributed by atoms with E-state index in [-0.39, 0.29) is 11.2 Å². The van der Waals surface area contributed by atoms with Gasteiger partial charge in [0.1, 0.15) is 5.75 Å². The van der Waals surface area contributed by atoms with Crippen LogP contribution in [0.2, 0.25) is 0 Å². The van der Waals surface area contributed by atoms with Crippen LogP contribution in [0.5, 0.6) is 5.75 Å². The summed E-state index contributed by atoms with van der Waals surface area (Å²) in [6, 6.07) is 3.72. The van der Waals surface area contributed by atoms with Gasteiger partial charge in [-0.25, -0.2) is 8.42 Å². The van der Waals surface area contributed by atoms with Gasteiger partial charge in [0.15, 0.2) is 0 Å². The Morgan fingerprint density at radius 1 is 1.36 bits per heavy atom. The zero-order valence-corrected chi connectivity index (χ0v) is 13.9. The molecule has 0 radical (unpaired) electrons. The summed E-state index contributed by atoms with van der Waals surface area (Å²) in [4.78, 5) is 4.46. The standard InChI is InChI=1S/C15H23N3O3S/c1-12-3-4-14(21-2)13(17-12)9-18-10-15(11-22(18,19)20)5-7-16-8-6-15/h3-4,16H,5-11H2,1-2H3. The van der Waals surface area contributed by atoms with E-state index in [0.29, 0.717) is 24.5 Å². The van der Waals surface area contributed by atoms with Crippen molar-refractivity contribution in [1.82, 2.24) is 14.6 Å². The van der Waals surface area contributed by atoms with Crippen molar-refractivity contribution in [1.29, 1.82) is 0 Å². The average molecular weight is 325 g/mol. The molecule has 7 heteroatoms. The molecule has 122 valence electrons. The molecule has 1 aromatic heterocycles. The van der Waals surface area contributed by atoms with E-state index in [1.807, 2.05) is 19.1 Å². The van der Waals surface area contributed by atoms with Crippen LogP contribution in [0.15, 0.2) is 12.1 Å². The van der Waals surface area contributed by atoms with Crippen LogP contribution in [0, 0.1) is 12.3 Å². The maximum Gasteiger partial charge on any atom is 0.215 e. The van der Waals surface area contributed by atoms with Crippen molar-refractivity contribution in [2.75, 3.05) is 32.5 Å². The molecule has 6 nitrogen and oxygen atoms in total. The van der Waals surface area contributed by atoms with Gasteiger partial charge in [-0.1, -0.05) is 0 Å². The normalized spacial score (nSPS) is 23.7. The Morgan fingerprint density at radius 2 is 2.09 bits per heavy atom. The van der Waals surface area contributed by atoms with Crippen LogP contribution < -0.4 is 10.1 Å². The summed E-state index contributed by atoms with van der Waals surface area (Å²) in [6.07, 6.45) is 1.84. The summed E-state index contributed by atoms with van der Waals surface area (Å²) >= 11 is 0. The number of nitrogens with one attached hydrogen (secondary N) is 1. The highest BCUT2D eigenvalue weighted by Crippen LogP contribution is 2.39. The van der Waals surface area contributed by atoms with E-state index >= 15 is 0 Å². The van der Waals surface area contributed by atoms with Crippen LogP contribution in [0.3, 0.4) is 0 Å². The molecule has 3 heterocycles. The fourth-order valence-corrected chi connectivity index (χ4v) is 5.60. The summed E-state index contributed by atoms with van der Waals surface area (Å²) in [6.45, 7) is 4.58. The minimum Gasteiger partial charge on any atom is -0.495 e. The van der Waals surface area contributed by atoms with Gasteiger partial charge in [0, 0.05) is 17.7 Å². The highest BCUT2D eigenvalue weighted by Gasteiger charge is 2.47. The lowest BCUT2D eigenvalue weighted by atomic mass is 9.81. The van der Waals surface area contributed by atoms with Crippen LogP contribution in [0.1, 0.15) is 24.2 Å². The van der Waals surface area contributed by atoms with Gasteiger partial charge >= 0.3 is 0 Å². The quantitative estimate of drug-likeness (QED) is 0.894. The second kappa shape index (κ2) is 5.79. The van der Waals surface area contributed by atoms with Crippen LogP contribution >= 0.6 is 0 Å². The number of piperidine rings is 1. The molecule has 0 aromatic carbocycles. The van der Waals surface area contributed by atoms with Gasteiger partial charge < -0.3 is 10.1 Å². The van der Waals surface area contributed by atoms with Gasteiger partial charge in [-0.05, 0) is 45.0 Å². The van der Waals surface area contributed by atoms with E-state index in [4.69, 9.17) is 4.74 Å². The first-order chi connectivity index (χ1) is 10.4. The van der Waals surface area contributed by atoms with E-state index in [2.05, 4.69) is 10.3 Å². The number of rotatable bonds is 3. The lowest BCUT2D eigenvalue weighted by Crippen LogP contribution is -2.40. The highest BCUT2D eigenvalue weighted by molar-refractivity contribution is 7.89. The zero-order chi connectivity index (χ0) is 15.8. The Morgan fingerprint density at radius 3 is 2.77 bits per heavy atom. The lowest BCUT2D eigenvalue weighted by Gasteiger charge is -2.32. The number of methoxy groups -OCH3 is 1. The second-order valence-corrected chi connectivity index (χ2v) is 8.34. The third kappa shape index (κ3) is 2.98. The molecule has 0 bridgehead atoms. The molecule has 1 N–H and O–H groups in total. The minimum absolute atomic E-state index is 0.0961. The first-order valence-corrected chi connectivity index (χ1v) is 9.24. The van der Waals surface area contributed by atoms with Gasteiger partial charge in [-0.2, -0.15) is 4.31 Å². The Balaban J connectivity index is 1.84. The summed E-state index contributed by atoms with van der Waals surface area (Å²) in [5.41, 5.74) is 1.46. The van der Waals surface area contributed by atoms with Gasteiger partial charge in [0.05, 0.1) is 25.1 Å². The fraction of sp³-hybridized carbons (Fsp3) is 0.667. The number of pyridine rings is 1. The first-order valence-electron chi connectivity index (χ1n) is 7.63. The monoisotopic (exact) mass is 325 g/mol. The molecule has 0 unspecified atom stereocenters. The molecule has 0 atom stereocenters. The number of sulfonamides is 1. The topological polar surface area (TPSA) is 71.5 Å².